The molecule has 0 spiro atoms. The van der Waals surface area contributed by atoms with E-state index in [1.165, 1.54) is 0 Å². The van der Waals surface area contributed by atoms with Crippen LogP contribution in [0.4, 0.5) is 4.79 Å². The largest absolute Gasteiger partial charge is 0.497 e. The van der Waals surface area contributed by atoms with Gasteiger partial charge < -0.3 is 15.2 Å². The number of carboxylic acid groups (broad SMARTS) is 1. The van der Waals surface area contributed by atoms with E-state index < -0.39 is 11.6 Å². The Bertz CT molecular complexity index is 615. The fraction of sp³-hybridized carbons (Fsp3) is 0.235. The molecule has 2 aromatic carbocycles. The van der Waals surface area contributed by atoms with Crippen molar-refractivity contribution in [2.75, 3.05) is 7.11 Å². The third-order valence-corrected chi connectivity index (χ3v) is 3.45. The second-order valence-electron chi connectivity index (χ2n) is 5.36. The van der Waals surface area contributed by atoms with Crippen molar-refractivity contribution in [2.45, 2.75) is 19.4 Å². The van der Waals surface area contributed by atoms with Gasteiger partial charge >= 0.3 is 6.09 Å². The molecule has 0 aliphatic carbocycles. The molecule has 0 aromatic heterocycles. The van der Waals surface area contributed by atoms with E-state index in [4.69, 9.17) is 9.84 Å². The number of benzene rings is 2. The smallest absolute Gasteiger partial charge is 0.405 e. The molecule has 0 aliphatic heterocycles. The molecular formula is C17H19NO3. The number of ether oxygens (including phenoxy) is 1. The van der Waals surface area contributed by atoms with Crippen LogP contribution in [0.2, 0.25) is 0 Å². The van der Waals surface area contributed by atoms with Crippen molar-refractivity contribution in [2.24, 2.45) is 0 Å². The van der Waals surface area contributed by atoms with Gasteiger partial charge in [-0.1, -0.05) is 36.4 Å². The van der Waals surface area contributed by atoms with E-state index in [2.05, 4.69) is 5.32 Å². The maximum absolute atomic E-state index is 10.8. The van der Waals surface area contributed by atoms with Gasteiger partial charge in [0.2, 0.25) is 0 Å². The van der Waals surface area contributed by atoms with Crippen LogP contribution < -0.4 is 10.1 Å². The summed E-state index contributed by atoms with van der Waals surface area (Å²) in [6.07, 6.45) is -1.03. The normalized spacial score (nSPS) is 11.0. The van der Waals surface area contributed by atoms with Gasteiger partial charge in [0.1, 0.15) is 5.75 Å². The second kappa shape index (κ2) is 5.87. The number of hydrogen-bond donors (Lipinski definition) is 2. The van der Waals surface area contributed by atoms with Gasteiger partial charge in [-0.15, -0.1) is 0 Å². The van der Waals surface area contributed by atoms with Crippen molar-refractivity contribution in [3.05, 3.63) is 54.1 Å². The topological polar surface area (TPSA) is 58.6 Å². The van der Waals surface area contributed by atoms with Crippen LogP contribution in [0.1, 0.15) is 19.4 Å². The van der Waals surface area contributed by atoms with Crippen molar-refractivity contribution < 1.29 is 14.6 Å². The minimum absolute atomic E-state index is 0.621. The lowest BCUT2D eigenvalue weighted by Gasteiger charge is -2.25. The molecule has 0 saturated carbocycles. The van der Waals surface area contributed by atoms with Gasteiger partial charge in [0.25, 0.3) is 0 Å². The molecule has 0 fully saturated rings. The summed E-state index contributed by atoms with van der Waals surface area (Å²) in [7, 11) is 1.64. The number of methoxy groups -OCH3 is 1. The summed E-state index contributed by atoms with van der Waals surface area (Å²) < 4.78 is 5.14. The van der Waals surface area contributed by atoms with Gasteiger partial charge in [0.15, 0.2) is 0 Å². The SMILES string of the molecule is COc1ccc(-c2ccc(C(C)(C)NC(=O)O)cc2)cc1. The zero-order valence-electron chi connectivity index (χ0n) is 12.4. The van der Waals surface area contributed by atoms with Crippen molar-refractivity contribution in [3.63, 3.8) is 0 Å². The average Bonchev–Trinajstić information content (AvgIpc) is 2.46. The first-order valence-corrected chi connectivity index (χ1v) is 6.68. The number of amides is 1. The van der Waals surface area contributed by atoms with Crippen LogP contribution in [0.3, 0.4) is 0 Å². The molecule has 2 N–H and O–H groups in total. The zero-order valence-corrected chi connectivity index (χ0v) is 12.4. The standard InChI is InChI=1S/C17H19NO3/c1-17(2,18-16(19)20)14-8-4-12(5-9-14)13-6-10-15(21-3)11-7-13/h4-11,18H,1-3H3,(H,19,20). The van der Waals surface area contributed by atoms with E-state index in [0.29, 0.717) is 0 Å². The maximum Gasteiger partial charge on any atom is 0.405 e. The Hall–Kier alpha value is -2.49. The molecule has 0 heterocycles. The number of rotatable bonds is 4. The third kappa shape index (κ3) is 3.54. The van der Waals surface area contributed by atoms with Gasteiger partial charge in [-0.05, 0) is 42.7 Å². The third-order valence-electron chi connectivity index (χ3n) is 3.45. The van der Waals surface area contributed by atoms with Crippen LogP contribution in [0.25, 0.3) is 11.1 Å². The first-order valence-electron chi connectivity index (χ1n) is 6.68. The van der Waals surface area contributed by atoms with Gasteiger partial charge in [0.05, 0.1) is 12.6 Å². The summed E-state index contributed by atoms with van der Waals surface area (Å²) in [5.74, 6) is 0.821. The molecule has 4 nitrogen and oxygen atoms in total. The predicted molar refractivity (Wildman–Crippen MR) is 82.6 cm³/mol. The van der Waals surface area contributed by atoms with Crippen molar-refractivity contribution in [1.82, 2.24) is 5.32 Å². The fourth-order valence-corrected chi connectivity index (χ4v) is 2.20. The minimum Gasteiger partial charge on any atom is -0.497 e. The van der Waals surface area contributed by atoms with E-state index in [0.717, 1.165) is 22.4 Å². The van der Waals surface area contributed by atoms with Crippen molar-refractivity contribution in [1.29, 1.82) is 0 Å². The van der Waals surface area contributed by atoms with Crippen LogP contribution in [0.15, 0.2) is 48.5 Å². The number of nitrogens with one attached hydrogen (secondary N) is 1. The van der Waals surface area contributed by atoms with Crippen molar-refractivity contribution >= 4 is 6.09 Å². The molecule has 1 amide bonds. The number of hydrogen-bond acceptors (Lipinski definition) is 2. The Kier molecular flexibility index (Phi) is 4.17. The van der Waals surface area contributed by atoms with Crippen LogP contribution >= 0.6 is 0 Å². The Balaban J connectivity index is 2.23. The summed E-state index contributed by atoms with van der Waals surface area (Å²) in [5.41, 5.74) is 2.46. The molecular weight excluding hydrogens is 266 g/mol. The lowest BCUT2D eigenvalue weighted by Crippen LogP contribution is -2.39. The summed E-state index contributed by atoms with van der Waals surface area (Å²) >= 11 is 0. The zero-order chi connectivity index (χ0) is 15.5. The summed E-state index contributed by atoms with van der Waals surface area (Å²) in [6.45, 7) is 3.67. The monoisotopic (exact) mass is 285 g/mol. The second-order valence-corrected chi connectivity index (χ2v) is 5.36. The van der Waals surface area contributed by atoms with Crippen LogP contribution in [-0.4, -0.2) is 18.3 Å². The van der Waals surface area contributed by atoms with Crippen LogP contribution in [-0.2, 0) is 5.54 Å². The first-order chi connectivity index (χ1) is 9.92. The molecule has 0 saturated heterocycles. The predicted octanol–water partition coefficient (Wildman–Crippen LogP) is 3.86. The Morgan fingerprint density at radius 1 is 1.00 bits per heavy atom. The molecule has 2 rings (SSSR count). The molecule has 0 bridgehead atoms. The molecule has 21 heavy (non-hydrogen) atoms. The Morgan fingerprint density at radius 3 is 1.90 bits per heavy atom. The van der Waals surface area contributed by atoms with Crippen LogP contribution in [0, 0.1) is 0 Å². The van der Waals surface area contributed by atoms with Crippen LogP contribution in [0.5, 0.6) is 5.75 Å². The van der Waals surface area contributed by atoms with Gasteiger partial charge in [0, 0.05) is 0 Å². The molecule has 0 aliphatic rings. The Morgan fingerprint density at radius 2 is 1.48 bits per heavy atom. The quantitative estimate of drug-likeness (QED) is 0.896. The van der Waals surface area contributed by atoms with E-state index in [1.54, 1.807) is 7.11 Å². The first kappa shape index (κ1) is 14.9. The lowest BCUT2D eigenvalue weighted by molar-refractivity contribution is 0.182. The molecule has 110 valence electrons. The average molecular weight is 285 g/mol. The van der Waals surface area contributed by atoms with Gasteiger partial charge in [-0.25, -0.2) is 4.79 Å². The highest BCUT2D eigenvalue weighted by molar-refractivity contribution is 5.67. The lowest BCUT2D eigenvalue weighted by atomic mass is 9.92. The van der Waals surface area contributed by atoms with Gasteiger partial charge in [-0.3, -0.25) is 0 Å². The van der Waals surface area contributed by atoms with E-state index >= 15 is 0 Å². The summed E-state index contributed by atoms with van der Waals surface area (Å²) in [5, 5.41) is 11.4. The van der Waals surface area contributed by atoms with E-state index in [-0.39, 0.29) is 0 Å². The number of carbonyl (C=O) groups is 1. The fourth-order valence-electron chi connectivity index (χ4n) is 2.20. The molecule has 0 unspecified atom stereocenters. The molecule has 4 heteroatoms. The van der Waals surface area contributed by atoms with Gasteiger partial charge in [-0.2, -0.15) is 0 Å². The molecule has 0 atom stereocenters. The highest BCUT2D eigenvalue weighted by Crippen LogP contribution is 2.26. The minimum atomic E-state index is -1.03. The van der Waals surface area contributed by atoms with E-state index in [9.17, 15) is 4.79 Å². The highest BCUT2D eigenvalue weighted by Gasteiger charge is 2.22. The van der Waals surface area contributed by atoms with Crippen molar-refractivity contribution in [3.8, 4) is 16.9 Å². The summed E-state index contributed by atoms with van der Waals surface area (Å²) in [4.78, 5) is 10.8. The maximum atomic E-state index is 10.8. The Labute approximate surface area is 124 Å². The highest BCUT2D eigenvalue weighted by atomic mass is 16.5. The molecule has 0 radical (unpaired) electrons. The summed E-state index contributed by atoms with van der Waals surface area (Å²) in [6, 6.07) is 15.7. The van der Waals surface area contributed by atoms with E-state index in [1.807, 2.05) is 62.4 Å². The molecule has 2 aromatic rings.